The largest absolute Gasteiger partial charge is 0.377 e. The first-order valence-corrected chi connectivity index (χ1v) is 8.42. The number of rotatable bonds is 5. The van der Waals surface area contributed by atoms with E-state index in [1.165, 1.54) is 0 Å². The number of nitrogens with zero attached hydrogens (tertiary/aromatic N) is 4. The molecule has 3 aromatic rings. The quantitative estimate of drug-likeness (QED) is 0.739. The minimum atomic E-state index is -0.304. The third kappa shape index (κ3) is 4.24. The monoisotopic (exact) mass is 350 g/mol. The molecule has 7 nitrogen and oxygen atoms in total. The Hall–Kier alpha value is -3.22. The van der Waals surface area contributed by atoms with Crippen LogP contribution >= 0.6 is 0 Å². The lowest BCUT2D eigenvalue weighted by atomic mass is 10.1. The molecule has 1 amide bonds. The molecule has 0 saturated heterocycles. The summed E-state index contributed by atoms with van der Waals surface area (Å²) in [5.74, 6) is 0.533. The Bertz CT molecular complexity index is 882. The Balaban J connectivity index is 1.78. The van der Waals surface area contributed by atoms with Crippen LogP contribution in [0.3, 0.4) is 0 Å². The predicted octanol–water partition coefficient (Wildman–Crippen LogP) is 2.80. The molecule has 1 heterocycles. The molecule has 0 aliphatic heterocycles. The maximum atomic E-state index is 12.5. The Morgan fingerprint density at radius 1 is 1.04 bits per heavy atom. The molecule has 0 aliphatic carbocycles. The molecule has 0 radical (unpaired) electrons. The van der Waals surface area contributed by atoms with Crippen LogP contribution in [0.5, 0.6) is 0 Å². The van der Waals surface area contributed by atoms with Crippen LogP contribution in [0.2, 0.25) is 0 Å². The zero-order chi connectivity index (χ0) is 18.6. The van der Waals surface area contributed by atoms with Crippen LogP contribution in [-0.2, 0) is 6.54 Å². The smallest absolute Gasteiger partial charge is 0.253 e. The van der Waals surface area contributed by atoms with E-state index >= 15 is 0 Å². The number of hydrogen-bond acceptors (Lipinski definition) is 5. The first kappa shape index (κ1) is 17.6. The van der Waals surface area contributed by atoms with Gasteiger partial charge in [-0.05, 0) is 55.5 Å². The molecule has 0 fully saturated rings. The van der Waals surface area contributed by atoms with Crippen LogP contribution in [0.25, 0.3) is 5.69 Å². The lowest BCUT2D eigenvalue weighted by molar-refractivity contribution is 0.0920. The molecule has 134 valence electrons. The maximum Gasteiger partial charge on any atom is 0.253 e. The van der Waals surface area contributed by atoms with Gasteiger partial charge in [0.25, 0.3) is 5.91 Å². The highest BCUT2D eigenvalue weighted by Gasteiger charge is 2.18. The maximum absolute atomic E-state index is 12.5. The lowest BCUT2D eigenvalue weighted by Crippen LogP contribution is -2.40. The molecule has 26 heavy (non-hydrogen) atoms. The van der Waals surface area contributed by atoms with Crippen molar-refractivity contribution in [2.45, 2.75) is 32.9 Å². The van der Waals surface area contributed by atoms with Gasteiger partial charge in [0.05, 0.1) is 17.8 Å². The SMILES string of the molecule is CC(C)(C)NC(=O)c1ccccc1NCc1nnnn1-c1ccccc1. The van der Waals surface area contributed by atoms with Gasteiger partial charge < -0.3 is 10.6 Å². The van der Waals surface area contributed by atoms with E-state index in [4.69, 9.17) is 0 Å². The number of anilines is 1. The Kier molecular flexibility index (Phi) is 4.97. The normalized spacial score (nSPS) is 11.2. The van der Waals surface area contributed by atoms with Crippen molar-refractivity contribution in [1.82, 2.24) is 25.5 Å². The summed E-state index contributed by atoms with van der Waals surface area (Å²) < 4.78 is 1.67. The van der Waals surface area contributed by atoms with Crippen LogP contribution in [-0.4, -0.2) is 31.7 Å². The summed E-state index contributed by atoms with van der Waals surface area (Å²) in [5, 5.41) is 18.1. The van der Waals surface area contributed by atoms with Gasteiger partial charge in [-0.25, -0.2) is 0 Å². The fourth-order valence-electron chi connectivity index (χ4n) is 2.50. The minimum Gasteiger partial charge on any atom is -0.377 e. The van der Waals surface area contributed by atoms with Gasteiger partial charge in [0.1, 0.15) is 0 Å². The second-order valence-corrected chi connectivity index (χ2v) is 6.95. The van der Waals surface area contributed by atoms with Gasteiger partial charge in [-0.2, -0.15) is 4.68 Å². The topological polar surface area (TPSA) is 84.7 Å². The fourth-order valence-corrected chi connectivity index (χ4v) is 2.50. The molecule has 1 aromatic heterocycles. The van der Waals surface area contributed by atoms with Crippen molar-refractivity contribution in [1.29, 1.82) is 0 Å². The zero-order valence-corrected chi connectivity index (χ0v) is 15.1. The summed E-state index contributed by atoms with van der Waals surface area (Å²) in [7, 11) is 0. The molecule has 3 rings (SSSR count). The van der Waals surface area contributed by atoms with E-state index in [1.807, 2.05) is 69.3 Å². The summed E-state index contributed by atoms with van der Waals surface area (Å²) in [6, 6.07) is 17.1. The van der Waals surface area contributed by atoms with E-state index in [9.17, 15) is 4.79 Å². The number of benzene rings is 2. The van der Waals surface area contributed by atoms with Gasteiger partial charge in [-0.3, -0.25) is 4.79 Å². The molecule has 0 saturated carbocycles. The van der Waals surface area contributed by atoms with Crippen molar-refractivity contribution in [3.63, 3.8) is 0 Å². The summed E-state index contributed by atoms with van der Waals surface area (Å²) in [6.45, 7) is 6.25. The first-order chi connectivity index (χ1) is 12.4. The van der Waals surface area contributed by atoms with E-state index < -0.39 is 0 Å². The average molecular weight is 350 g/mol. The van der Waals surface area contributed by atoms with Crippen LogP contribution in [0.4, 0.5) is 5.69 Å². The highest BCUT2D eigenvalue weighted by molar-refractivity contribution is 5.99. The van der Waals surface area contributed by atoms with Crippen molar-refractivity contribution in [3.05, 3.63) is 66.0 Å². The number of carbonyl (C=O) groups is 1. The van der Waals surface area contributed by atoms with Crippen molar-refractivity contribution in [3.8, 4) is 5.69 Å². The predicted molar refractivity (Wildman–Crippen MR) is 100 cm³/mol. The molecule has 0 bridgehead atoms. The summed E-state index contributed by atoms with van der Waals surface area (Å²) in [4.78, 5) is 12.5. The number of amides is 1. The lowest BCUT2D eigenvalue weighted by Gasteiger charge is -2.21. The Labute approximate surface area is 152 Å². The summed E-state index contributed by atoms with van der Waals surface area (Å²) >= 11 is 0. The van der Waals surface area contributed by atoms with Gasteiger partial charge >= 0.3 is 0 Å². The van der Waals surface area contributed by atoms with Gasteiger partial charge in [-0.15, -0.1) is 5.10 Å². The molecule has 0 aliphatic rings. The highest BCUT2D eigenvalue weighted by atomic mass is 16.1. The fraction of sp³-hybridized carbons (Fsp3) is 0.263. The van der Waals surface area contributed by atoms with E-state index in [1.54, 1.807) is 10.7 Å². The van der Waals surface area contributed by atoms with Gasteiger partial charge in [0.15, 0.2) is 5.82 Å². The summed E-state index contributed by atoms with van der Waals surface area (Å²) in [5.41, 5.74) is 1.90. The van der Waals surface area contributed by atoms with Crippen molar-refractivity contribution < 1.29 is 4.79 Å². The molecule has 2 N–H and O–H groups in total. The Morgan fingerprint density at radius 2 is 1.73 bits per heavy atom. The van der Waals surface area contributed by atoms with E-state index in [2.05, 4.69) is 26.2 Å². The average Bonchev–Trinajstić information content (AvgIpc) is 3.08. The van der Waals surface area contributed by atoms with Gasteiger partial charge in [-0.1, -0.05) is 30.3 Å². The van der Waals surface area contributed by atoms with E-state index in [0.717, 1.165) is 11.4 Å². The number of hydrogen-bond donors (Lipinski definition) is 2. The van der Waals surface area contributed by atoms with Crippen LogP contribution in [0.15, 0.2) is 54.6 Å². The first-order valence-electron chi connectivity index (χ1n) is 8.42. The number of aromatic nitrogens is 4. The molecule has 2 aromatic carbocycles. The zero-order valence-electron chi connectivity index (χ0n) is 15.1. The van der Waals surface area contributed by atoms with Crippen molar-refractivity contribution in [2.75, 3.05) is 5.32 Å². The molecular weight excluding hydrogens is 328 g/mol. The van der Waals surface area contributed by atoms with Gasteiger partial charge in [0.2, 0.25) is 0 Å². The third-order valence-electron chi connectivity index (χ3n) is 3.63. The number of carbonyl (C=O) groups excluding carboxylic acids is 1. The number of para-hydroxylation sites is 2. The van der Waals surface area contributed by atoms with Crippen LogP contribution in [0, 0.1) is 0 Å². The standard InChI is InChI=1S/C19H22N6O/c1-19(2,3)21-18(26)15-11-7-8-12-16(15)20-13-17-22-23-24-25(17)14-9-5-4-6-10-14/h4-12,20H,13H2,1-3H3,(H,21,26). The number of nitrogens with one attached hydrogen (secondary N) is 2. The second-order valence-electron chi connectivity index (χ2n) is 6.95. The van der Waals surface area contributed by atoms with Crippen LogP contribution in [0.1, 0.15) is 37.0 Å². The molecule has 0 unspecified atom stereocenters. The Morgan fingerprint density at radius 3 is 2.46 bits per heavy atom. The van der Waals surface area contributed by atoms with Crippen LogP contribution < -0.4 is 10.6 Å². The second kappa shape index (κ2) is 7.35. The van der Waals surface area contributed by atoms with Gasteiger partial charge in [0, 0.05) is 11.2 Å². The molecule has 0 atom stereocenters. The third-order valence-corrected chi connectivity index (χ3v) is 3.63. The molecular formula is C19H22N6O. The van der Waals surface area contributed by atoms with E-state index in [-0.39, 0.29) is 11.4 Å². The van der Waals surface area contributed by atoms with E-state index in [0.29, 0.717) is 17.9 Å². The van der Waals surface area contributed by atoms with Crippen molar-refractivity contribution in [2.24, 2.45) is 0 Å². The minimum absolute atomic E-state index is 0.122. The number of tetrazole rings is 1. The summed E-state index contributed by atoms with van der Waals surface area (Å²) in [6.07, 6.45) is 0. The van der Waals surface area contributed by atoms with Crippen molar-refractivity contribution >= 4 is 11.6 Å². The molecule has 7 heteroatoms. The molecule has 0 spiro atoms. The highest BCUT2D eigenvalue weighted by Crippen LogP contribution is 2.17.